The Hall–Kier alpha value is -3.44. The molecule has 0 atom stereocenters. The molecule has 4 heterocycles. The maximum atomic E-state index is 6.22. The van der Waals surface area contributed by atoms with Crippen LogP contribution in [0, 0.1) is 29.9 Å². The second-order valence-corrected chi connectivity index (χ2v) is 22.2. The van der Waals surface area contributed by atoms with Crippen molar-refractivity contribution in [3.8, 4) is 22.5 Å². The maximum absolute atomic E-state index is 6.22. The number of aryl methyl sites for hydroxylation is 1. The molecule has 50 heavy (non-hydrogen) atoms. The van der Waals surface area contributed by atoms with E-state index >= 15 is 0 Å². The summed E-state index contributed by atoms with van der Waals surface area (Å²) in [4.78, 5) is 14.1. The summed E-state index contributed by atoms with van der Waals surface area (Å²) >= 11 is 0. The summed E-state index contributed by atoms with van der Waals surface area (Å²) in [6.07, 6.45) is 6.17. The Morgan fingerprint density at radius 2 is 1.42 bits per heavy atom. The molecule has 0 bridgehead atoms. The Bertz CT molecular complexity index is 2060. The van der Waals surface area contributed by atoms with Gasteiger partial charge < -0.3 is 14.4 Å². The van der Waals surface area contributed by atoms with E-state index < -0.39 is 8.07 Å². The van der Waals surface area contributed by atoms with Crippen molar-refractivity contribution in [3.63, 3.8) is 0 Å². The van der Waals surface area contributed by atoms with Crippen molar-refractivity contribution in [1.29, 1.82) is 0 Å². The molecule has 2 aromatic carbocycles. The predicted molar refractivity (Wildman–Crippen MR) is 210 cm³/mol. The minimum absolute atomic E-state index is 0. The molecule has 0 aliphatic carbocycles. The zero-order valence-electron chi connectivity index (χ0n) is 32.0. The fourth-order valence-corrected chi connectivity index (χ4v) is 7.78. The van der Waals surface area contributed by atoms with Gasteiger partial charge in [-0.3, -0.25) is 0 Å². The molecule has 1 radical (unpaired) electrons. The molecule has 6 aromatic rings. The number of fused-ring (bicyclic) bond motifs is 3. The minimum atomic E-state index is -1.37. The van der Waals surface area contributed by atoms with Crippen LogP contribution >= 0.6 is 0 Å². The molecule has 0 saturated carbocycles. The number of pyridine rings is 3. The van der Waals surface area contributed by atoms with E-state index in [-0.39, 0.29) is 30.9 Å². The molecule has 6 heteroatoms. The monoisotopic (exact) mass is 860 g/mol. The molecule has 0 aliphatic heterocycles. The van der Waals surface area contributed by atoms with Crippen LogP contribution in [0.25, 0.3) is 44.6 Å². The number of furan rings is 1. The zero-order chi connectivity index (χ0) is 35.7. The summed E-state index contributed by atoms with van der Waals surface area (Å²) in [5.74, 6) is 0.363. The van der Waals surface area contributed by atoms with Gasteiger partial charge in [0.2, 0.25) is 5.71 Å². The Kier molecular flexibility index (Phi) is 12.1. The van der Waals surface area contributed by atoms with Gasteiger partial charge in [0.05, 0.1) is 13.7 Å². The van der Waals surface area contributed by atoms with Crippen LogP contribution in [0.3, 0.4) is 0 Å². The van der Waals surface area contributed by atoms with Gasteiger partial charge in [0.15, 0.2) is 0 Å². The summed E-state index contributed by atoms with van der Waals surface area (Å²) < 4.78 is 6.22. The van der Waals surface area contributed by atoms with Crippen LogP contribution in [0.2, 0.25) is 19.6 Å². The third-order valence-electron chi connectivity index (χ3n) is 8.61. The van der Waals surface area contributed by atoms with Gasteiger partial charge in [0, 0.05) is 43.6 Å². The van der Waals surface area contributed by atoms with Crippen molar-refractivity contribution in [1.82, 2.24) is 15.0 Å². The standard InChI is InChI=1S/C25H27N2O.C19H26NSi.Ir/c1-15(2)21-11-10-19-18-8-7-9-20(23(18)28-24(19)27-21)22-12-17(13-25(4,5)6)16(3)14-26-22;1-19(2,3)13-16-12-17(15-10-8-7-9-11-15)20-14-18(16)21(4,5)6;/h7-8,10-12,14-15H,13H2,1-6H3;7-10,12,14H,13H2,1-6H3;/q2*-1;. The summed E-state index contributed by atoms with van der Waals surface area (Å²) in [6, 6.07) is 27.4. The first-order valence-corrected chi connectivity index (χ1v) is 21.1. The van der Waals surface area contributed by atoms with Crippen LogP contribution in [-0.2, 0) is 32.9 Å². The fourth-order valence-electron chi connectivity index (χ4n) is 6.20. The summed E-state index contributed by atoms with van der Waals surface area (Å²) in [5, 5.41) is 3.58. The Balaban J connectivity index is 0.000000230. The van der Waals surface area contributed by atoms with Gasteiger partial charge in [-0.1, -0.05) is 109 Å². The number of hydrogen-bond acceptors (Lipinski definition) is 4. The molecule has 0 saturated heterocycles. The fraction of sp³-hybridized carbons (Fsp3) is 0.386. The van der Waals surface area contributed by atoms with Gasteiger partial charge in [0.25, 0.3) is 0 Å². The third kappa shape index (κ3) is 9.66. The first-order chi connectivity index (χ1) is 22.9. The van der Waals surface area contributed by atoms with Gasteiger partial charge in [-0.25, -0.2) is 4.98 Å². The molecule has 6 rings (SSSR count). The van der Waals surface area contributed by atoms with Crippen molar-refractivity contribution >= 4 is 35.3 Å². The number of nitrogens with zero attached hydrogens (tertiary/aromatic N) is 3. The topological polar surface area (TPSA) is 51.8 Å². The van der Waals surface area contributed by atoms with Crippen LogP contribution in [0.1, 0.15) is 83.7 Å². The first kappa shape index (κ1) is 39.3. The molecule has 0 fully saturated rings. The van der Waals surface area contributed by atoms with Crippen molar-refractivity contribution < 1.29 is 24.5 Å². The smallest absolute Gasteiger partial charge is 0.216 e. The van der Waals surface area contributed by atoms with Crippen LogP contribution in [0.15, 0.2) is 77.5 Å². The number of aromatic nitrogens is 3. The Labute approximate surface area is 314 Å². The summed E-state index contributed by atoms with van der Waals surface area (Å²) in [7, 11) is -1.37. The van der Waals surface area contributed by atoms with Gasteiger partial charge in [-0.15, -0.1) is 54.1 Å². The van der Waals surface area contributed by atoms with E-state index in [1.165, 1.54) is 21.9 Å². The molecule has 4 aromatic heterocycles. The van der Waals surface area contributed by atoms with E-state index in [1.54, 1.807) is 0 Å². The van der Waals surface area contributed by atoms with E-state index in [0.29, 0.717) is 11.6 Å². The summed E-state index contributed by atoms with van der Waals surface area (Å²) in [5.41, 5.74) is 11.0. The zero-order valence-corrected chi connectivity index (χ0v) is 35.4. The van der Waals surface area contributed by atoms with Crippen molar-refractivity contribution in [2.75, 3.05) is 0 Å². The second kappa shape index (κ2) is 15.4. The molecule has 0 spiro atoms. The minimum Gasteiger partial charge on any atom is -0.486 e. The first-order valence-electron chi connectivity index (χ1n) is 17.6. The van der Waals surface area contributed by atoms with Gasteiger partial charge in [-0.05, 0) is 70.8 Å². The molecular formula is C44H53IrN3OSi-2. The Morgan fingerprint density at radius 1 is 0.760 bits per heavy atom. The van der Waals surface area contributed by atoms with E-state index in [0.717, 1.165) is 57.4 Å². The van der Waals surface area contributed by atoms with Crippen LogP contribution < -0.4 is 5.19 Å². The molecule has 0 N–H and O–H groups in total. The van der Waals surface area contributed by atoms with Crippen LogP contribution in [0.4, 0.5) is 0 Å². The van der Waals surface area contributed by atoms with Crippen molar-refractivity contribution in [2.24, 2.45) is 10.8 Å². The molecule has 0 unspecified atom stereocenters. The van der Waals surface area contributed by atoms with Gasteiger partial charge >= 0.3 is 0 Å². The van der Waals surface area contributed by atoms with E-state index in [4.69, 9.17) is 19.4 Å². The van der Waals surface area contributed by atoms with E-state index in [1.807, 2.05) is 36.5 Å². The van der Waals surface area contributed by atoms with Gasteiger partial charge in [-0.2, -0.15) is 0 Å². The predicted octanol–water partition coefficient (Wildman–Crippen LogP) is 11.5. The molecular weight excluding hydrogens is 807 g/mol. The van der Waals surface area contributed by atoms with E-state index in [2.05, 4.69) is 131 Å². The second-order valence-electron chi connectivity index (χ2n) is 17.2. The number of hydrogen-bond donors (Lipinski definition) is 0. The Morgan fingerprint density at radius 3 is 2.04 bits per heavy atom. The van der Waals surface area contributed by atoms with Crippen molar-refractivity contribution in [3.05, 3.63) is 108 Å². The van der Waals surface area contributed by atoms with Crippen LogP contribution in [0.5, 0.6) is 0 Å². The normalized spacial score (nSPS) is 12.2. The molecule has 265 valence electrons. The number of benzene rings is 2. The quantitative estimate of drug-likeness (QED) is 0.124. The third-order valence-corrected chi connectivity index (χ3v) is 10.7. The van der Waals surface area contributed by atoms with Crippen LogP contribution in [-0.4, -0.2) is 23.0 Å². The molecule has 0 aliphatic rings. The van der Waals surface area contributed by atoms with Gasteiger partial charge in [0.1, 0.15) is 0 Å². The van der Waals surface area contributed by atoms with E-state index in [9.17, 15) is 0 Å². The average Bonchev–Trinajstić information content (AvgIpc) is 3.39. The largest absolute Gasteiger partial charge is 0.486 e. The average molecular weight is 860 g/mol. The maximum Gasteiger partial charge on any atom is 0.216 e. The molecule has 0 amide bonds. The number of rotatable bonds is 6. The molecule has 4 nitrogen and oxygen atoms in total. The summed E-state index contributed by atoms with van der Waals surface area (Å²) in [6.45, 7) is 27.3. The SMILES string of the molecule is CC(C)(C)Cc1cc(-c2[c-]cccc2)ncc1[Si](C)(C)C.Cc1cnc(-c2[c-]ccc3c2oc2nc(C(C)C)ccc23)cc1CC(C)(C)C.[Ir]. The van der Waals surface area contributed by atoms with Crippen molar-refractivity contribution in [2.45, 2.75) is 101 Å².